The van der Waals surface area contributed by atoms with E-state index in [9.17, 15) is 4.79 Å². The van der Waals surface area contributed by atoms with Gasteiger partial charge in [0.2, 0.25) is 5.91 Å². The molecule has 0 spiro atoms. The molecule has 0 unspecified atom stereocenters. The number of carbonyl (C=O) groups is 1. The number of hydrogen-bond donors (Lipinski definition) is 1. The summed E-state index contributed by atoms with van der Waals surface area (Å²) < 4.78 is 10.6. The second-order valence-electron chi connectivity index (χ2n) is 6.22. The molecule has 0 aliphatic rings. The molecule has 0 radical (unpaired) electrons. The Labute approximate surface area is 165 Å². The predicted molar refractivity (Wildman–Crippen MR) is 112 cm³/mol. The van der Waals surface area contributed by atoms with Crippen molar-refractivity contribution in [3.63, 3.8) is 0 Å². The van der Waals surface area contributed by atoms with Crippen molar-refractivity contribution in [3.8, 4) is 11.5 Å². The van der Waals surface area contributed by atoms with Gasteiger partial charge in [0, 0.05) is 11.8 Å². The van der Waals surface area contributed by atoms with Crippen LogP contribution in [0.2, 0.25) is 0 Å². The number of hydrogen-bond acceptors (Lipinski definition) is 4. The molecule has 5 heteroatoms. The molecule has 3 rings (SSSR count). The molecular weight excluding hydrogens is 352 g/mol. The zero-order chi connectivity index (χ0) is 19.8. The molecule has 3 aromatic carbocycles. The van der Waals surface area contributed by atoms with Crippen LogP contribution in [0.1, 0.15) is 5.56 Å². The van der Waals surface area contributed by atoms with E-state index in [1.807, 2.05) is 72.8 Å². The molecule has 0 bridgehead atoms. The average molecular weight is 376 g/mol. The van der Waals surface area contributed by atoms with Crippen LogP contribution >= 0.6 is 0 Å². The van der Waals surface area contributed by atoms with Crippen molar-refractivity contribution >= 4 is 17.3 Å². The summed E-state index contributed by atoms with van der Waals surface area (Å²) in [5, 5.41) is 3.18. The van der Waals surface area contributed by atoms with E-state index in [4.69, 9.17) is 9.47 Å². The van der Waals surface area contributed by atoms with Crippen molar-refractivity contribution in [2.75, 3.05) is 31.0 Å². The van der Waals surface area contributed by atoms with Gasteiger partial charge in [0.1, 0.15) is 11.5 Å². The lowest BCUT2D eigenvalue weighted by molar-refractivity contribution is -0.117. The second kappa shape index (κ2) is 9.46. The highest BCUT2D eigenvalue weighted by atomic mass is 16.5. The molecule has 3 aromatic rings. The summed E-state index contributed by atoms with van der Waals surface area (Å²) in [7, 11) is 3.19. The molecule has 0 heterocycles. The smallest absolute Gasteiger partial charge is 0.246 e. The lowest BCUT2D eigenvalue weighted by Crippen LogP contribution is -2.35. The van der Waals surface area contributed by atoms with Crippen molar-refractivity contribution in [2.24, 2.45) is 0 Å². The third-order valence-corrected chi connectivity index (χ3v) is 4.39. The van der Waals surface area contributed by atoms with Crippen LogP contribution in [-0.4, -0.2) is 26.7 Å². The van der Waals surface area contributed by atoms with E-state index in [0.29, 0.717) is 18.0 Å². The molecule has 144 valence electrons. The molecule has 0 aromatic heterocycles. The van der Waals surface area contributed by atoms with Gasteiger partial charge in [-0.2, -0.15) is 0 Å². The van der Waals surface area contributed by atoms with Crippen molar-refractivity contribution in [3.05, 3.63) is 84.4 Å². The maximum absolute atomic E-state index is 13.0. The van der Waals surface area contributed by atoms with Crippen LogP contribution < -0.4 is 19.7 Å². The largest absolute Gasteiger partial charge is 0.497 e. The quantitative estimate of drug-likeness (QED) is 0.635. The molecule has 0 atom stereocenters. The number of rotatable bonds is 8. The topological polar surface area (TPSA) is 50.8 Å². The number of carbonyl (C=O) groups excluding carboxylic acids is 1. The Balaban J connectivity index is 1.76. The molecule has 0 saturated heterocycles. The van der Waals surface area contributed by atoms with E-state index in [0.717, 1.165) is 16.9 Å². The van der Waals surface area contributed by atoms with Gasteiger partial charge in [-0.05, 0) is 29.8 Å². The first-order valence-electron chi connectivity index (χ1n) is 9.06. The summed E-state index contributed by atoms with van der Waals surface area (Å²) >= 11 is 0. The van der Waals surface area contributed by atoms with Crippen molar-refractivity contribution in [2.45, 2.75) is 6.54 Å². The first kappa shape index (κ1) is 19.3. The third kappa shape index (κ3) is 4.82. The first-order chi connectivity index (χ1) is 13.7. The van der Waals surface area contributed by atoms with E-state index in [1.165, 1.54) is 0 Å². The summed E-state index contributed by atoms with van der Waals surface area (Å²) in [4.78, 5) is 14.8. The van der Waals surface area contributed by atoms with E-state index < -0.39 is 0 Å². The fourth-order valence-electron chi connectivity index (χ4n) is 2.91. The van der Waals surface area contributed by atoms with Gasteiger partial charge in [-0.3, -0.25) is 4.79 Å². The Morgan fingerprint density at radius 3 is 2.21 bits per heavy atom. The Morgan fingerprint density at radius 2 is 1.57 bits per heavy atom. The number of nitrogens with zero attached hydrogens (tertiary/aromatic N) is 1. The van der Waals surface area contributed by atoms with Crippen LogP contribution in [0, 0.1) is 0 Å². The van der Waals surface area contributed by atoms with Crippen LogP contribution in [0.4, 0.5) is 11.4 Å². The van der Waals surface area contributed by atoms with Crippen molar-refractivity contribution in [1.29, 1.82) is 0 Å². The Bertz CT molecular complexity index is 898. The average Bonchev–Trinajstić information content (AvgIpc) is 2.77. The maximum Gasteiger partial charge on any atom is 0.246 e. The first-order valence-corrected chi connectivity index (χ1v) is 9.06. The van der Waals surface area contributed by atoms with Crippen LogP contribution in [-0.2, 0) is 11.3 Å². The molecule has 28 heavy (non-hydrogen) atoms. The minimum Gasteiger partial charge on any atom is -0.497 e. The van der Waals surface area contributed by atoms with Gasteiger partial charge in [-0.1, -0.05) is 48.5 Å². The molecule has 0 aliphatic carbocycles. The highest BCUT2D eigenvalue weighted by Crippen LogP contribution is 2.29. The third-order valence-electron chi connectivity index (χ3n) is 4.39. The maximum atomic E-state index is 13.0. The van der Waals surface area contributed by atoms with E-state index in [-0.39, 0.29) is 12.5 Å². The Kier molecular flexibility index (Phi) is 6.52. The summed E-state index contributed by atoms with van der Waals surface area (Å²) in [6.45, 7) is 0.648. The number of anilines is 2. The summed E-state index contributed by atoms with van der Waals surface area (Å²) in [5.74, 6) is 1.29. The van der Waals surface area contributed by atoms with E-state index >= 15 is 0 Å². The second-order valence-corrected chi connectivity index (χ2v) is 6.22. The molecule has 5 nitrogen and oxygen atoms in total. The van der Waals surface area contributed by atoms with Gasteiger partial charge in [0.05, 0.1) is 33.0 Å². The lowest BCUT2D eigenvalue weighted by atomic mass is 10.2. The standard InChI is InChI=1S/C23H24N2O3/c1-27-20-13-14-21(22(15-20)28-2)24-16-23(26)25(19-11-7-4-8-12-19)17-18-9-5-3-6-10-18/h3-15,24H,16-17H2,1-2H3. The fraction of sp³-hybridized carbons (Fsp3) is 0.174. The molecule has 0 saturated carbocycles. The van der Waals surface area contributed by atoms with Gasteiger partial charge in [0.25, 0.3) is 0 Å². The number of para-hydroxylation sites is 1. The fourth-order valence-corrected chi connectivity index (χ4v) is 2.91. The zero-order valence-electron chi connectivity index (χ0n) is 16.1. The van der Waals surface area contributed by atoms with Gasteiger partial charge in [0.15, 0.2) is 0 Å². The zero-order valence-corrected chi connectivity index (χ0v) is 16.1. The number of amides is 1. The monoisotopic (exact) mass is 376 g/mol. The molecule has 0 aliphatic heterocycles. The molecule has 0 fully saturated rings. The minimum atomic E-state index is -0.0343. The Morgan fingerprint density at radius 1 is 0.893 bits per heavy atom. The van der Waals surface area contributed by atoms with Crippen LogP contribution in [0.15, 0.2) is 78.9 Å². The highest BCUT2D eigenvalue weighted by Gasteiger charge is 2.17. The van der Waals surface area contributed by atoms with E-state index in [2.05, 4.69) is 5.32 Å². The van der Waals surface area contributed by atoms with Crippen molar-refractivity contribution in [1.82, 2.24) is 0 Å². The summed E-state index contributed by atoms with van der Waals surface area (Å²) in [6, 6.07) is 25.1. The van der Waals surface area contributed by atoms with Crippen LogP contribution in [0.25, 0.3) is 0 Å². The highest BCUT2D eigenvalue weighted by molar-refractivity contribution is 5.96. The summed E-state index contributed by atoms with van der Waals surface area (Å²) in [6.07, 6.45) is 0. The molecule has 1 amide bonds. The number of ether oxygens (including phenoxy) is 2. The van der Waals surface area contributed by atoms with Crippen molar-refractivity contribution < 1.29 is 14.3 Å². The number of benzene rings is 3. The minimum absolute atomic E-state index is 0.0343. The summed E-state index contributed by atoms with van der Waals surface area (Å²) in [5.41, 5.74) is 2.67. The number of methoxy groups -OCH3 is 2. The van der Waals surface area contributed by atoms with Gasteiger partial charge >= 0.3 is 0 Å². The SMILES string of the molecule is COc1ccc(NCC(=O)N(Cc2ccccc2)c2ccccc2)c(OC)c1. The molecule has 1 N–H and O–H groups in total. The normalized spacial score (nSPS) is 10.2. The Hall–Kier alpha value is -3.47. The molecular formula is C23H24N2O3. The predicted octanol–water partition coefficient (Wildman–Crippen LogP) is 4.35. The van der Waals surface area contributed by atoms with Gasteiger partial charge in [-0.25, -0.2) is 0 Å². The van der Waals surface area contributed by atoms with Gasteiger partial charge < -0.3 is 19.7 Å². The van der Waals surface area contributed by atoms with Crippen LogP contribution in [0.5, 0.6) is 11.5 Å². The lowest BCUT2D eigenvalue weighted by Gasteiger charge is -2.24. The van der Waals surface area contributed by atoms with E-state index in [1.54, 1.807) is 25.2 Å². The number of nitrogens with one attached hydrogen (secondary N) is 1. The van der Waals surface area contributed by atoms with Gasteiger partial charge in [-0.15, -0.1) is 0 Å². The van der Waals surface area contributed by atoms with Crippen LogP contribution in [0.3, 0.4) is 0 Å².